The predicted octanol–water partition coefficient (Wildman–Crippen LogP) is 4.14. The van der Waals surface area contributed by atoms with Crippen LogP contribution in [0.15, 0.2) is 47.4 Å². The second-order valence-electron chi connectivity index (χ2n) is 7.18. The number of hydrogen-bond acceptors (Lipinski definition) is 3. The van der Waals surface area contributed by atoms with Crippen LogP contribution in [0.3, 0.4) is 0 Å². The van der Waals surface area contributed by atoms with Crippen molar-refractivity contribution in [1.82, 2.24) is 4.31 Å². The van der Waals surface area contributed by atoms with Gasteiger partial charge in [0.25, 0.3) is 5.91 Å². The summed E-state index contributed by atoms with van der Waals surface area (Å²) in [4.78, 5) is 12.8. The van der Waals surface area contributed by atoms with Gasteiger partial charge in [-0.3, -0.25) is 4.79 Å². The lowest BCUT2D eigenvalue weighted by atomic mass is 9.86. The second-order valence-corrected chi connectivity index (χ2v) is 9.74. The molecule has 0 spiro atoms. The lowest BCUT2D eigenvalue weighted by molar-refractivity contribution is 0.102. The SMILES string of the molecule is CN(C)S(=O)(=O)c1ccc(Cl)c(C(=O)Nc2ccccc2C(C)(C)C)c1. The molecule has 0 bridgehead atoms. The summed E-state index contributed by atoms with van der Waals surface area (Å²) in [7, 11) is -0.792. The smallest absolute Gasteiger partial charge is 0.257 e. The summed E-state index contributed by atoms with van der Waals surface area (Å²) >= 11 is 6.15. The number of anilines is 1. The Morgan fingerprint density at radius 3 is 2.27 bits per heavy atom. The number of hydrogen-bond donors (Lipinski definition) is 1. The largest absolute Gasteiger partial charge is 0.322 e. The third-order valence-corrected chi connectivity index (χ3v) is 6.08. The van der Waals surface area contributed by atoms with Crippen LogP contribution in [-0.4, -0.2) is 32.7 Å². The standard InChI is InChI=1S/C19H23ClN2O3S/c1-19(2,3)15-8-6-7-9-17(15)21-18(23)14-12-13(10-11-16(14)20)26(24,25)22(4)5/h6-12H,1-5H3,(H,21,23). The van der Waals surface area contributed by atoms with E-state index in [9.17, 15) is 13.2 Å². The molecule has 0 aliphatic heterocycles. The number of benzene rings is 2. The molecule has 0 saturated carbocycles. The monoisotopic (exact) mass is 394 g/mol. The van der Waals surface area contributed by atoms with Crippen LogP contribution in [0.5, 0.6) is 0 Å². The third kappa shape index (κ3) is 4.26. The van der Waals surface area contributed by atoms with Crippen molar-refractivity contribution in [3.8, 4) is 0 Å². The summed E-state index contributed by atoms with van der Waals surface area (Å²) in [5.41, 5.74) is 1.59. The van der Waals surface area contributed by atoms with Crippen molar-refractivity contribution in [3.63, 3.8) is 0 Å². The molecule has 5 nitrogen and oxygen atoms in total. The Kier molecular flexibility index (Phi) is 5.80. The minimum atomic E-state index is -3.66. The maximum Gasteiger partial charge on any atom is 0.257 e. The van der Waals surface area contributed by atoms with Crippen LogP contribution in [0.1, 0.15) is 36.7 Å². The molecular formula is C19H23ClN2O3S. The van der Waals surface area contributed by atoms with Gasteiger partial charge in [0.05, 0.1) is 15.5 Å². The Bertz CT molecular complexity index is 932. The van der Waals surface area contributed by atoms with E-state index in [2.05, 4.69) is 26.1 Å². The van der Waals surface area contributed by atoms with Crippen LogP contribution in [0.2, 0.25) is 5.02 Å². The molecule has 0 atom stereocenters. The summed E-state index contributed by atoms with van der Waals surface area (Å²) < 4.78 is 25.7. The number of amides is 1. The zero-order valence-electron chi connectivity index (χ0n) is 15.5. The van der Waals surface area contributed by atoms with Crippen LogP contribution in [0.25, 0.3) is 0 Å². The first-order valence-corrected chi connectivity index (χ1v) is 9.89. The highest BCUT2D eigenvalue weighted by atomic mass is 35.5. The molecule has 0 heterocycles. The average Bonchev–Trinajstić information content (AvgIpc) is 2.54. The van der Waals surface area contributed by atoms with E-state index < -0.39 is 15.9 Å². The van der Waals surface area contributed by atoms with Crippen molar-refractivity contribution in [2.75, 3.05) is 19.4 Å². The molecule has 140 valence electrons. The van der Waals surface area contributed by atoms with Gasteiger partial charge in [-0.2, -0.15) is 0 Å². The van der Waals surface area contributed by atoms with Crippen LogP contribution in [-0.2, 0) is 15.4 Å². The van der Waals surface area contributed by atoms with Gasteiger partial charge in [-0.15, -0.1) is 0 Å². The molecule has 1 amide bonds. The fraction of sp³-hybridized carbons (Fsp3) is 0.316. The van der Waals surface area contributed by atoms with Gasteiger partial charge in [0.2, 0.25) is 10.0 Å². The van der Waals surface area contributed by atoms with Gasteiger partial charge in [0.1, 0.15) is 0 Å². The molecular weight excluding hydrogens is 372 g/mol. The number of rotatable bonds is 4. The number of carbonyl (C=O) groups is 1. The average molecular weight is 395 g/mol. The number of halogens is 1. The highest BCUT2D eigenvalue weighted by Gasteiger charge is 2.23. The summed E-state index contributed by atoms with van der Waals surface area (Å²) in [5, 5.41) is 3.04. The van der Waals surface area contributed by atoms with E-state index in [0.29, 0.717) is 5.69 Å². The molecule has 2 aromatic carbocycles. The molecule has 26 heavy (non-hydrogen) atoms. The lowest BCUT2D eigenvalue weighted by Gasteiger charge is -2.23. The molecule has 0 aliphatic carbocycles. The van der Waals surface area contributed by atoms with Crippen molar-refractivity contribution in [2.24, 2.45) is 0 Å². The predicted molar refractivity (Wildman–Crippen MR) is 105 cm³/mol. The fourth-order valence-electron chi connectivity index (χ4n) is 2.49. The van der Waals surface area contributed by atoms with Gasteiger partial charge < -0.3 is 5.32 Å². The molecule has 0 aromatic heterocycles. The van der Waals surface area contributed by atoms with Crippen LogP contribution in [0.4, 0.5) is 5.69 Å². The van der Waals surface area contributed by atoms with Crippen molar-refractivity contribution < 1.29 is 13.2 Å². The lowest BCUT2D eigenvalue weighted by Crippen LogP contribution is -2.23. The summed E-state index contributed by atoms with van der Waals surface area (Å²) in [6, 6.07) is 11.6. The van der Waals surface area contributed by atoms with E-state index in [0.717, 1.165) is 9.87 Å². The van der Waals surface area contributed by atoms with Crippen LogP contribution >= 0.6 is 11.6 Å². The molecule has 0 unspecified atom stereocenters. The molecule has 0 saturated heterocycles. The maximum absolute atomic E-state index is 12.8. The van der Waals surface area contributed by atoms with Gasteiger partial charge in [-0.1, -0.05) is 50.6 Å². The van der Waals surface area contributed by atoms with Crippen molar-refractivity contribution in [2.45, 2.75) is 31.1 Å². The maximum atomic E-state index is 12.8. The van der Waals surface area contributed by atoms with E-state index in [4.69, 9.17) is 11.6 Å². The summed E-state index contributed by atoms with van der Waals surface area (Å²) in [6.07, 6.45) is 0. The molecule has 2 rings (SSSR count). The first-order chi connectivity index (χ1) is 11.9. The zero-order valence-corrected chi connectivity index (χ0v) is 17.1. The van der Waals surface area contributed by atoms with Crippen LogP contribution in [0, 0.1) is 0 Å². The van der Waals surface area contributed by atoms with E-state index >= 15 is 0 Å². The Hall–Kier alpha value is -1.89. The van der Waals surface area contributed by atoms with Crippen molar-refractivity contribution in [3.05, 3.63) is 58.6 Å². The van der Waals surface area contributed by atoms with Gasteiger partial charge in [-0.05, 0) is 35.2 Å². The third-order valence-electron chi connectivity index (χ3n) is 3.94. The quantitative estimate of drug-likeness (QED) is 0.847. The normalized spacial score (nSPS) is 12.3. The number of carbonyl (C=O) groups excluding carboxylic acids is 1. The summed E-state index contributed by atoms with van der Waals surface area (Å²) in [5.74, 6) is -0.456. The minimum absolute atomic E-state index is 0.0150. The topological polar surface area (TPSA) is 66.5 Å². The molecule has 2 aromatic rings. The fourth-order valence-corrected chi connectivity index (χ4v) is 3.62. The van der Waals surface area contributed by atoms with Gasteiger partial charge in [0, 0.05) is 19.8 Å². The number of nitrogens with zero attached hydrogens (tertiary/aromatic N) is 1. The van der Waals surface area contributed by atoms with Crippen LogP contribution < -0.4 is 5.32 Å². The first-order valence-electron chi connectivity index (χ1n) is 8.07. The number of para-hydroxylation sites is 1. The zero-order chi connectivity index (χ0) is 19.7. The number of sulfonamides is 1. The molecule has 1 N–H and O–H groups in total. The Morgan fingerprint density at radius 1 is 1.08 bits per heavy atom. The second kappa shape index (κ2) is 7.39. The van der Waals surface area contributed by atoms with Crippen molar-refractivity contribution in [1.29, 1.82) is 0 Å². The molecule has 0 aliphatic rings. The Labute approximate surface area is 160 Å². The summed E-state index contributed by atoms with van der Waals surface area (Å²) in [6.45, 7) is 6.15. The van der Waals surface area contributed by atoms with Crippen molar-refractivity contribution >= 4 is 33.2 Å². The Balaban J connectivity index is 2.44. The van der Waals surface area contributed by atoms with Gasteiger partial charge >= 0.3 is 0 Å². The van der Waals surface area contributed by atoms with E-state index in [-0.39, 0.29) is 20.9 Å². The highest BCUT2D eigenvalue weighted by Crippen LogP contribution is 2.30. The molecule has 0 radical (unpaired) electrons. The van der Waals surface area contributed by atoms with E-state index in [1.165, 1.54) is 32.3 Å². The van der Waals surface area contributed by atoms with E-state index in [1.807, 2.05) is 24.3 Å². The van der Waals surface area contributed by atoms with Gasteiger partial charge in [0.15, 0.2) is 0 Å². The number of nitrogens with one attached hydrogen (secondary N) is 1. The van der Waals surface area contributed by atoms with E-state index in [1.54, 1.807) is 0 Å². The molecule has 0 fully saturated rings. The minimum Gasteiger partial charge on any atom is -0.322 e. The highest BCUT2D eigenvalue weighted by molar-refractivity contribution is 7.89. The first kappa shape index (κ1) is 20.4. The van der Waals surface area contributed by atoms with Gasteiger partial charge in [-0.25, -0.2) is 12.7 Å². The molecule has 7 heteroatoms. The Morgan fingerprint density at radius 2 is 1.69 bits per heavy atom.